The Labute approximate surface area is 211 Å². The average molecular weight is 488 g/mol. The third-order valence-corrected chi connectivity index (χ3v) is 7.23. The maximum atomic E-state index is 13.3. The van der Waals surface area contributed by atoms with Crippen LogP contribution in [0.1, 0.15) is 65.0 Å². The maximum absolute atomic E-state index is 13.3. The van der Waals surface area contributed by atoms with Crippen LogP contribution in [0.15, 0.2) is 48.8 Å². The molecule has 188 valence electrons. The number of methoxy groups -OCH3 is 1. The van der Waals surface area contributed by atoms with Gasteiger partial charge in [0.05, 0.1) is 13.7 Å². The summed E-state index contributed by atoms with van der Waals surface area (Å²) in [5.41, 5.74) is 4.50. The monoisotopic (exact) mass is 487 g/mol. The topological polar surface area (TPSA) is 89.4 Å². The van der Waals surface area contributed by atoms with Crippen molar-refractivity contribution in [2.24, 2.45) is 0 Å². The molecule has 2 aromatic heterocycles. The largest absolute Gasteiger partial charge is 0.497 e. The highest BCUT2D eigenvalue weighted by molar-refractivity contribution is 5.94. The molecule has 1 aromatic carbocycles. The first-order valence-electron chi connectivity index (χ1n) is 12.8. The molecule has 36 heavy (non-hydrogen) atoms. The molecule has 2 aliphatic rings. The molecule has 0 saturated heterocycles. The van der Waals surface area contributed by atoms with Gasteiger partial charge in [-0.25, -0.2) is 0 Å². The van der Waals surface area contributed by atoms with E-state index >= 15 is 0 Å². The molecule has 1 fully saturated rings. The predicted octanol–water partition coefficient (Wildman–Crippen LogP) is 3.52. The van der Waals surface area contributed by atoms with Crippen LogP contribution in [0.2, 0.25) is 0 Å². The number of rotatable bonds is 8. The summed E-state index contributed by atoms with van der Waals surface area (Å²) in [7, 11) is 1.65. The van der Waals surface area contributed by atoms with Gasteiger partial charge in [-0.2, -0.15) is 5.10 Å². The summed E-state index contributed by atoms with van der Waals surface area (Å²) < 4.78 is 7.22. The molecule has 0 unspecified atom stereocenters. The zero-order valence-corrected chi connectivity index (χ0v) is 20.8. The quantitative estimate of drug-likeness (QED) is 0.525. The van der Waals surface area contributed by atoms with Crippen LogP contribution in [0.4, 0.5) is 0 Å². The highest BCUT2D eigenvalue weighted by Crippen LogP contribution is 2.26. The fourth-order valence-electron chi connectivity index (χ4n) is 5.20. The SMILES string of the molecule is COc1ccc(Cn2nc(C(=O)NC3CCCC3)c3c2CCN(C(=O)CCc2cccnc2)C3)cc1. The highest BCUT2D eigenvalue weighted by Gasteiger charge is 2.31. The number of nitrogens with zero attached hydrogens (tertiary/aromatic N) is 4. The van der Waals surface area contributed by atoms with Crippen LogP contribution in [0.5, 0.6) is 5.75 Å². The Hall–Kier alpha value is -3.68. The van der Waals surface area contributed by atoms with Gasteiger partial charge < -0.3 is 15.0 Å². The molecule has 0 atom stereocenters. The number of carbonyl (C=O) groups is 2. The van der Waals surface area contributed by atoms with Gasteiger partial charge in [0, 0.05) is 55.6 Å². The smallest absolute Gasteiger partial charge is 0.272 e. The molecule has 1 aliphatic heterocycles. The van der Waals surface area contributed by atoms with Gasteiger partial charge in [-0.3, -0.25) is 19.3 Å². The van der Waals surface area contributed by atoms with Crippen molar-refractivity contribution in [3.63, 3.8) is 0 Å². The fourth-order valence-corrected chi connectivity index (χ4v) is 5.20. The molecule has 1 N–H and O–H groups in total. The van der Waals surface area contributed by atoms with E-state index in [1.165, 1.54) is 0 Å². The van der Waals surface area contributed by atoms with E-state index in [9.17, 15) is 9.59 Å². The summed E-state index contributed by atoms with van der Waals surface area (Å²) in [5, 5.41) is 7.97. The number of benzene rings is 1. The van der Waals surface area contributed by atoms with Gasteiger partial charge in [-0.15, -0.1) is 0 Å². The zero-order chi connectivity index (χ0) is 24.9. The molecular formula is C28H33N5O3. The van der Waals surface area contributed by atoms with Crippen molar-refractivity contribution in [1.82, 2.24) is 25.0 Å². The number of fused-ring (bicyclic) bond motifs is 1. The molecule has 3 aromatic rings. The van der Waals surface area contributed by atoms with Crippen molar-refractivity contribution in [2.75, 3.05) is 13.7 Å². The number of hydrogen-bond acceptors (Lipinski definition) is 5. The van der Waals surface area contributed by atoms with Gasteiger partial charge in [-0.1, -0.05) is 31.0 Å². The van der Waals surface area contributed by atoms with Gasteiger partial charge in [0.1, 0.15) is 5.75 Å². The Morgan fingerprint density at radius 2 is 1.92 bits per heavy atom. The van der Waals surface area contributed by atoms with Gasteiger partial charge in [0.2, 0.25) is 5.91 Å². The van der Waals surface area contributed by atoms with Gasteiger partial charge in [-0.05, 0) is 48.6 Å². The summed E-state index contributed by atoms with van der Waals surface area (Å²) in [4.78, 5) is 32.4. The van der Waals surface area contributed by atoms with Crippen molar-refractivity contribution >= 4 is 11.8 Å². The Kier molecular flexibility index (Phi) is 7.30. The number of pyridine rings is 1. The third kappa shape index (κ3) is 5.42. The van der Waals surface area contributed by atoms with Crippen LogP contribution in [0, 0.1) is 0 Å². The lowest BCUT2D eigenvalue weighted by Gasteiger charge is -2.28. The normalized spacial score (nSPS) is 15.5. The van der Waals surface area contributed by atoms with Crippen molar-refractivity contribution in [3.05, 3.63) is 76.9 Å². The minimum Gasteiger partial charge on any atom is -0.497 e. The standard InChI is InChI=1S/C28H33N5O3/c1-36-23-11-8-21(9-12-23)18-33-25-14-16-32(26(34)13-10-20-5-4-15-29-17-20)19-24(25)27(31-33)28(35)30-22-6-2-3-7-22/h4-5,8-9,11-12,15,17,22H,2-3,6-7,10,13-14,16,18-19H2,1H3,(H,30,35). The van der Waals surface area contributed by atoms with E-state index in [0.717, 1.165) is 53.8 Å². The minimum absolute atomic E-state index is 0.0922. The summed E-state index contributed by atoms with van der Waals surface area (Å²) in [6.07, 6.45) is 9.61. The van der Waals surface area contributed by atoms with E-state index in [-0.39, 0.29) is 17.9 Å². The predicted molar refractivity (Wildman–Crippen MR) is 136 cm³/mol. The summed E-state index contributed by atoms with van der Waals surface area (Å²) >= 11 is 0. The van der Waals surface area contributed by atoms with E-state index in [0.29, 0.717) is 44.6 Å². The molecule has 5 rings (SSSR count). The molecule has 2 amide bonds. The van der Waals surface area contributed by atoms with Gasteiger partial charge >= 0.3 is 0 Å². The molecular weight excluding hydrogens is 454 g/mol. The molecule has 8 nitrogen and oxygen atoms in total. The number of carbonyl (C=O) groups excluding carboxylic acids is 2. The molecule has 8 heteroatoms. The van der Waals surface area contributed by atoms with Crippen LogP contribution < -0.4 is 10.1 Å². The number of aromatic nitrogens is 3. The van der Waals surface area contributed by atoms with Crippen LogP contribution in [0.25, 0.3) is 0 Å². The molecule has 0 spiro atoms. The molecule has 1 aliphatic carbocycles. The maximum Gasteiger partial charge on any atom is 0.272 e. The summed E-state index contributed by atoms with van der Waals surface area (Å²) in [6, 6.07) is 12.0. The Bertz CT molecular complexity index is 1200. The van der Waals surface area contributed by atoms with Crippen LogP contribution in [-0.4, -0.2) is 51.2 Å². The van der Waals surface area contributed by atoms with Gasteiger partial charge in [0.25, 0.3) is 5.91 Å². The minimum atomic E-state index is -0.128. The lowest BCUT2D eigenvalue weighted by atomic mass is 10.0. The van der Waals surface area contributed by atoms with E-state index in [2.05, 4.69) is 10.3 Å². The summed E-state index contributed by atoms with van der Waals surface area (Å²) in [6.45, 7) is 1.60. The van der Waals surface area contributed by atoms with Crippen molar-refractivity contribution in [3.8, 4) is 5.75 Å². The van der Waals surface area contributed by atoms with E-state index in [1.54, 1.807) is 19.5 Å². The fraction of sp³-hybridized carbons (Fsp3) is 0.429. The van der Waals surface area contributed by atoms with Crippen LogP contribution in [0.3, 0.4) is 0 Å². The van der Waals surface area contributed by atoms with Crippen molar-refractivity contribution in [1.29, 1.82) is 0 Å². The molecule has 1 saturated carbocycles. The van der Waals surface area contributed by atoms with E-state index < -0.39 is 0 Å². The lowest BCUT2D eigenvalue weighted by molar-refractivity contribution is -0.132. The van der Waals surface area contributed by atoms with E-state index in [1.807, 2.05) is 46.0 Å². The first-order valence-corrected chi connectivity index (χ1v) is 12.8. The number of nitrogens with one attached hydrogen (secondary N) is 1. The second-order valence-corrected chi connectivity index (χ2v) is 9.66. The molecule has 0 bridgehead atoms. The van der Waals surface area contributed by atoms with Gasteiger partial charge in [0.15, 0.2) is 5.69 Å². The second-order valence-electron chi connectivity index (χ2n) is 9.66. The second kappa shape index (κ2) is 10.9. The van der Waals surface area contributed by atoms with E-state index in [4.69, 9.17) is 9.84 Å². The molecule has 0 radical (unpaired) electrons. The number of aryl methyl sites for hydroxylation is 1. The average Bonchev–Trinajstić information content (AvgIpc) is 3.56. The van der Waals surface area contributed by atoms with Crippen LogP contribution in [-0.2, 0) is 30.7 Å². The zero-order valence-electron chi connectivity index (χ0n) is 20.8. The Balaban J connectivity index is 1.35. The first-order chi connectivity index (χ1) is 17.6. The lowest BCUT2D eigenvalue weighted by Crippen LogP contribution is -2.38. The Morgan fingerprint density at radius 1 is 1.11 bits per heavy atom. The number of hydrogen-bond donors (Lipinski definition) is 1. The molecule has 3 heterocycles. The first kappa shape index (κ1) is 24.0. The highest BCUT2D eigenvalue weighted by atomic mass is 16.5. The number of ether oxygens (including phenoxy) is 1. The summed E-state index contributed by atoms with van der Waals surface area (Å²) in [5.74, 6) is 0.768. The van der Waals surface area contributed by atoms with Crippen molar-refractivity contribution < 1.29 is 14.3 Å². The number of amides is 2. The van der Waals surface area contributed by atoms with Crippen molar-refractivity contribution in [2.45, 2.75) is 64.1 Å². The van der Waals surface area contributed by atoms with Crippen LogP contribution >= 0.6 is 0 Å². The Morgan fingerprint density at radius 3 is 2.64 bits per heavy atom. The third-order valence-electron chi connectivity index (χ3n) is 7.23.